The van der Waals surface area contributed by atoms with Gasteiger partial charge in [-0.15, -0.1) is 0 Å². The van der Waals surface area contributed by atoms with Gasteiger partial charge in [0.05, 0.1) is 19.4 Å². The summed E-state index contributed by atoms with van der Waals surface area (Å²) in [5.74, 6) is 3.56. The molecule has 1 fully saturated rings. The molecule has 0 N–H and O–H groups in total. The van der Waals surface area contributed by atoms with Crippen LogP contribution in [-0.4, -0.2) is 19.7 Å². The minimum atomic E-state index is -0.245. The van der Waals surface area contributed by atoms with Gasteiger partial charge in [0.2, 0.25) is 0 Å². The van der Waals surface area contributed by atoms with Gasteiger partial charge in [0.25, 0.3) is 0 Å². The van der Waals surface area contributed by atoms with E-state index >= 15 is 0 Å². The fourth-order valence-corrected chi connectivity index (χ4v) is 4.93. The van der Waals surface area contributed by atoms with Crippen LogP contribution in [0, 0.1) is 15.3 Å². The van der Waals surface area contributed by atoms with Crippen LogP contribution in [0.15, 0.2) is 35.9 Å². The molecular formula is C24H29IO3. The predicted molar refractivity (Wildman–Crippen MR) is 121 cm³/mol. The van der Waals surface area contributed by atoms with Crippen molar-refractivity contribution in [2.24, 2.45) is 5.41 Å². The highest BCUT2D eigenvalue weighted by atomic mass is 127. The smallest absolute Gasteiger partial charge is 0.307 e. The lowest BCUT2D eigenvalue weighted by Crippen LogP contribution is -2.25. The van der Waals surface area contributed by atoms with Crippen molar-refractivity contribution in [2.45, 2.75) is 63.7 Å². The van der Waals surface area contributed by atoms with Crippen molar-refractivity contribution >= 4 is 28.6 Å². The van der Waals surface area contributed by atoms with Crippen LogP contribution in [-0.2, 0) is 9.53 Å². The van der Waals surface area contributed by atoms with E-state index in [9.17, 15) is 4.79 Å². The highest BCUT2D eigenvalue weighted by Crippen LogP contribution is 2.45. The van der Waals surface area contributed by atoms with Crippen molar-refractivity contribution in [2.75, 3.05) is 13.7 Å². The molecule has 0 unspecified atom stereocenters. The van der Waals surface area contributed by atoms with Crippen LogP contribution in [0.3, 0.4) is 0 Å². The zero-order valence-electron chi connectivity index (χ0n) is 16.6. The van der Waals surface area contributed by atoms with Crippen LogP contribution in [0.2, 0.25) is 0 Å². The zero-order valence-corrected chi connectivity index (χ0v) is 18.8. The number of hydrogen-bond donors (Lipinski definition) is 0. The third-order valence-corrected chi connectivity index (χ3v) is 6.38. The first kappa shape index (κ1) is 21.2. The Kier molecular flexibility index (Phi) is 7.84. The molecule has 1 aromatic rings. The lowest BCUT2D eigenvalue weighted by molar-refractivity contribution is -0.140. The van der Waals surface area contributed by atoms with Crippen LogP contribution in [0.4, 0.5) is 0 Å². The van der Waals surface area contributed by atoms with Gasteiger partial charge in [-0.2, -0.15) is 0 Å². The Hall–Kier alpha value is -1.48. The van der Waals surface area contributed by atoms with Crippen LogP contribution in [0.25, 0.3) is 0 Å². The lowest BCUT2D eigenvalue weighted by atomic mass is 9.67. The van der Waals surface area contributed by atoms with E-state index in [0.717, 1.165) is 17.7 Å². The van der Waals surface area contributed by atoms with Gasteiger partial charge < -0.3 is 9.47 Å². The minimum absolute atomic E-state index is 0.148. The zero-order chi connectivity index (χ0) is 19.8. The van der Waals surface area contributed by atoms with Crippen molar-refractivity contribution in [1.82, 2.24) is 0 Å². The van der Waals surface area contributed by atoms with E-state index in [2.05, 4.69) is 15.9 Å². The molecule has 0 heterocycles. The predicted octanol–water partition coefficient (Wildman–Crippen LogP) is 6.17. The number of esters is 1. The molecule has 1 aromatic carbocycles. The molecule has 3 rings (SSSR count). The molecule has 0 radical (unpaired) electrons. The molecular weight excluding hydrogens is 463 g/mol. The Labute approximate surface area is 182 Å². The summed E-state index contributed by atoms with van der Waals surface area (Å²) in [6, 6.07) is 7.96. The van der Waals surface area contributed by atoms with Gasteiger partial charge in [0, 0.05) is 22.6 Å². The molecule has 1 spiro atoms. The Morgan fingerprint density at radius 3 is 2.54 bits per heavy atom. The van der Waals surface area contributed by atoms with Gasteiger partial charge in [-0.25, -0.2) is 0 Å². The van der Waals surface area contributed by atoms with E-state index in [1.165, 1.54) is 57.6 Å². The average Bonchev–Trinajstić information content (AvgIpc) is 2.73. The van der Waals surface area contributed by atoms with Gasteiger partial charge in [-0.05, 0) is 64.7 Å². The third kappa shape index (κ3) is 5.76. The van der Waals surface area contributed by atoms with Crippen molar-refractivity contribution in [1.29, 1.82) is 0 Å². The largest absolute Gasteiger partial charge is 0.489 e. The normalized spacial score (nSPS) is 19.1. The number of ether oxygens (including phenoxy) is 2. The molecule has 4 heteroatoms. The molecule has 2 aliphatic carbocycles. The number of methoxy groups -OCH3 is 1. The monoisotopic (exact) mass is 492 g/mol. The second-order valence-electron chi connectivity index (χ2n) is 8.01. The maximum Gasteiger partial charge on any atom is 0.307 e. The van der Waals surface area contributed by atoms with Crippen molar-refractivity contribution < 1.29 is 14.3 Å². The first-order chi connectivity index (χ1) is 13.6. The Morgan fingerprint density at radius 1 is 1.14 bits per heavy atom. The molecule has 0 aromatic heterocycles. The van der Waals surface area contributed by atoms with Gasteiger partial charge in [0.1, 0.15) is 12.4 Å². The summed E-state index contributed by atoms with van der Waals surface area (Å²) in [7, 11) is 1.41. The average molecular weight is 492 g/mol. The van der Waals surface area contributed by atoms with Gasteiger partial charge in [0.15, 0.2) is 0 Å². The van der Waals surface area contributed by atoms with Gasteiger partial charge in [-0.1, -0.05) is 43.4 Å². The summed E-state index contributed by atoms with van der Waals surface area (Å²) < 4.78 is 13.7. The lowest BCUT2D eigenvalue weighted by Gasteiger charge is -2.38. The van der Waals surface area contributed by atoms with Crippen molar-refractivity contribution in [3.8, 4) is 15.6 Å². The van der Waals surface area contributed by atoms with E-state index in [1.807, 2.05) is 46.9 Å². The summed E-state index contributed by atoms with van der Waals surface area (Å²) >= 11 is 2.00. The molecule has 0 bridgehead atoms. The Balaban J connectivity index is 1.60. The first-order valence-corrected chi connectivity index (χ1v) is 11.3. The van der Waals surface area contributed by atoms with Crippen LogP contribution in [0.1, 0.15) is 69.3 Å². The number of hydrogen-bond acceptors (Lipinski definition) is 3. The summed E-state index contributed by atoms with van der Waals surface area (Å²) in [4.78, 5) is 11.6. The second kappa shape index (κ2) is 10.3. The fraction of sp³-hybridized carbons (Fsp3) is 0.542. The molecule has 1 atom stereocenters. The number of halogens is 1. The summed E-state index contributed by atoms with van der Waals surface area (Å²) in [6.07, 6.45) is 13.5. The first-order valence-electron chi connectivity index (χ1n) is 10.3. The number of rotatable bonds is 6. The van der Waals surface area contributed by atoms with E-state index in [1.54, 1.807) is 0 Å². The van der Waals surface area contributed by atoms with Gasteiger partial charge >= 0.3 is 5.97 Å². The number of carbonyl (C=O) groups excluding carboxylic acids is 1. The Morgan fingerprint density at radius 2 is 1.86 bits per heavy atom. The highest BCUT2D eigenvalue weighted by molar-refractivity contribution is 14.1. The Bertz CT molecular complexity index is 748. The second-order valence-corrected chi connectivity index (χ2v) is 8.55. The van der Waals surface area contributed by atoms with Crippen molar-refractivity contribution in [3.05, 3.63) is 41.5 Å². The molecule has 0 amide bonds. The quantitative estimate of drug-likeness (QED) is 0.206. The number of benzene rings is 1. The van der Waals surface area contributed by atoms with Crippen LogP contribution < -0.4 is 4.74 Å². The maximum absolute atomic E-state index is 11.6. The molecule has 1 saturated carbocycles. The standard InChI is InChI=1S/C24H29IO3/c1-27-23(26)16-21(11-15-25)20-7-9-22(10-8-20)28-18-19-6-5-14-24(17-19)12-3-2-4-13-24/h7-10,17,21H,2-6,12-14,16,18H2,1H3/t21-/m1/s1. The van der Waals surface area contributed by atoms with E-state index < -0.39 is 0 Å². The molecule has 0 saturated heterocycles. The van der Waals surface area contributed by atoms with E-state index in [4.69, 9.17) is 9.47 Å². The highest BCUT2D eigenvalue weighted by Gasteiger charge is 2.32. The summed E-state index contributed by atoms with van der Waals surface area (Å²) in [6.45, 7) is 0.681. The van der Waals surface area contributed by atoms with E-state index in [-0.39, 0.29) is 18.3 Å². The summed E-state index contributed by atoms with van der Waals surface area (Å²) in [5.41, 5.74) is 2.93. The molecule has 150 valence electrons. The fourth-order valence-electron chi connectivity index (χ4n) is 4.55. The molecule has 28 heavy (non-hydrogen) atoms. The topological polar surface area (TPSA) is 35.5 Å². The molecule has 3 nitrogen and oxygen atoms in total. The summed E-state index contributed by atoms with van der Waals surface area (Å²) in [5, 5.41) is 0. The number of carbonyl (C=O) groups is 1. The van der Waals surface area contributed by atoms with Gasteiger partial charge in [-0.3, -0.25) is 4.79 Å². The number of allylic oxidation sites excluding steroid dienone is 1. The van der Waals surface area contributed by atoms with Crippen LogP contribution in [0.5, 0.6) is 5.75 Å². The molecule has 0 aliphatic heterocycles. The van der Waals surface area contributed by atoms with Crippen LogP contribution >= 0.6 is 22.6 Å². The molecule has 2 aliphatic rings. The van der Waals surface area contributed by atoms with E-state index in [0.29, 0.717) is 12.0 Å². The third-order valence-electron chi connectivity index (χ3n) is 6.07. The SMILES string of the molecule is COC(=O)C[C@@H](C#CI)c1ccc(OCC2=CC3(CCCCC3)CCC2)cc1. The van der Waals surface area contributed by atoms with Crippen molar-refractivity contribution in [3.63, 3.8) is 0 Å². The minimum Gasteiger partial charge on any atom is -0.489 e. The maximum atomic E-state index is 11.6.